The van der Waals surface area contributed by atoms with Crippen LogP contribution in [0.1, 0.15) is 22.8 Å². The van der Waals surface area contributed by atoms with Crippen molar-refractivity contribution in [2.24, 2.45) is 5.73 Å². The molecule has 0 aliphatic rings. The number of halogens is 2. The van der Waals surface area contributed by atoms with Gasteiger partial charge in [0.25, 0.3) is 0 Å². The molecule has 1 aromatic carbocycles. The maximum atomic E-state index is 12.0. The number of ketones is 1. The lowest BCUT2D eigenvalue weighted by molar-refractivity contribution is 0.0968. The van der Waals surface area contributed by atoms with Crippen molar-refractivity contribution in [2.45, 2.75) is 25.8 Å². The van der Waals surface area contributed by atoms with E-state index in [2.05, 4.69) is 0 Å². The Morgan fingerprint density at radius 1 is 1.33 bits per heavy atom. The van der Waals surface area contributed by atoms with Gasteiger partial charge in [-0.05, 0) is 12.5 Å². The van der Waals surface area contributed by atoms with Gasteiger partial charge >= 0.3 is 0 Å². The van der Waals surface area contributed by atoms with Crippen LogP contribution >= 0.6 is 0 Å². The SMILES string of the molecule is CC(N)C(=O)c1ccc(CC(F)F)cc1. The van der Waals surface area contributed by atoms with E-state index in [1.165, 1.54) is 24.3 Å². The number of carbonyl (C=O) groups excluding carboxylic acids is 1. The Bertz CT molecular complexity index is 333. The molecule has 0 fully saturated rings. The van der Waals surface area contributed by atoms with Gasteiger partial charge in [0.1, 0.15) is 0 Å². The number of benzene rings is 1. The Morgan fingerprint density at radius 3 is 2.27 bits per heavy atom. The molecule has 0 aliphatic carbocycles. The number of nitrogens with two attached hydrogens (primary N) is 1. The number of hydrogen-bond donors (Lipinski definition) is 1. The summed E-state index contributed by atoms with van der Waals surface area (Å²) in [7, 11) is 0. The number of rotatable bonds is 4. The van der Waals surface area contributed by atoms with Crippen LogP contribution in [0.25, 0.3) is 0 Å². The highest BCUT2D eigenvalue weighted by Crippen LogP contribution is 2.10. The summed E-state index contributed by atoms with van der Waals surface area (Å²) in [6.07, 6.45) is -2.65. The van der Waals surface area contributed by atoms with Gasteiger partial charge in [0.15, 0.2) is 5.78 Å². The fourth-order valence-electron chi connectivity index (χ4n) is 1.25. The molecule has 82 valence electrons. The van der Waals surface area contributed by atoms with Gasteiger partial charge in [0, 0.05) is 12.0 Å². The molecule has 1 atom stereocenters. The fraction of sp³-hybridized carbons (Fsp3) is 0.364. The second kappa shape index (κ2) is 4.98. The van der Waals surface area contributed by atoms with Crippen molar-refractivity contribution in [2.75, 3.05) is 0 Å². The molecule has 1 aromatic rings. The zero-order valence-corrected chi connectivity index (χ0v) is 8.41. The summed E-state index contributed by atoms with van der Waals surface area (Å²) in [5, 5.41) is 0. The minimum atomic E-state index is -2.36. The lowest BCUT2D eigenvalue weighted by Crippen LogP contribution is -2.26. The molecule has 4 heteroatoms. The predicted molar refractivity (Wildman–Crippen MR) is 54.1 cm³/mol. The molecule has 0 radical (unpaired) electrons. The van der Waals surface area contributed by atoms with Crippen molar-refractivity contribution >= 4 is 5.78 Å². The molecule has 0 bridgehead atoms. The van der Waals surface area contributed by atoms with Crippen molar-refractivity contribution in [3.63, 3.8) is 0 Å². The van der Waals surface area contributed by atoms with Crippen LogP contribution in [0.3, 0.4) is 0 Å². The standard InChI is InChI=1S/C11H13F2NO/c1-7(14)11(15)9-4-2-8(3-5-9)6-10(12)13/h2-5,7,10H,6,14H2,1H3. The van der Waals surface area contributed by atoms with E-state index in [0.29, 0.717) is 11.1 Å². The Hall–Kier alpha value is -1.29. The summed E-state index contributed by atoms with van der Waals surface area (Å²) in [6.45, 7) is 1.59. The van der Waals surface area contributed by atoms with Crippen LogP contribution in [-0.2, 0) is 6.42 Å². The molecule has 2 N–H and O–H groups in total. The molecule has 15 heavy (non-hydrogen) atoms. The Morgan fingerprint density at radius 2 is 1.87 bits per heavy atom. The molecule has 2 nitrogen and oxygen atoms in total. The van der Waals surface area contributed by atoms with Crippen molar-refractivity contribution in [1.29, 1.82) is 0 Å². The van der Waals surface area contributed by atoms with E-state index in [4.69, 9.17) is 5.73 Å². The highest BCUT2D eigenvalue weighted by molar-refractivity contribution is 5.99. The molecule has 0 spiro atoms. The molecule has 0 saturated heterocycles. The third-order valence-electron chi connectivity index (χ3n) is 2.04. The largest absolute Gasteiger partial charge is 0.321 e. The van der Waals surface area contributed by atoms with Crippen molar-refractivity contribution in [1.82, 2.24) is 0 Å². The first-order valence-electron chi connectivity index (χ1n) is 4.67. The first-order valence-corrected chi connectivity index (χ1v) is 4.67. The normalized spacial score (nSPS) is 12.9. The van der Waals surface area contributed by atoms with Gasteiger partial charge in [0.05, 0.1) is 6.04 Å². The number of carbonyl (C=O) groups is 1. The van der Waals surface area contributed by atoms with E-state index >= 15 is 0 Å². The molecule has 1 rings (SSSR count). The molecule has 0 aliphatic heterocycles. The van der Waals surface area contributed by atoms with Crippen LogP contribution in [0.15, 0.2) is 24.3 Å². The summed E-state index contributed by atoms with van der Waals surface area (Å²) >= 11 is 0. The average molecular weight is 213 g/mol. The lowest BCUT2D eigenvalue weighted by Gasteiger charge is -2.05. The summed E-state index contributed by atoms with van der Waals surface area (Å²) in [5.74, 6) is -0.182. The predicted octanol–water partition coefficient (Wildman–Crippen LogP) is 2.02. The monoisotopic (exact) mass is 213 g/mol. The van der Waals surface area contributed by atoms with Crippen molar-refractivity contribution < 1.29 is 13.6 Å². The highest BCUT2D eigenvalue weighted by Gasteiger charge is 2.11. The molecule has 0 heterocycles. The quantitative estimate of drug-likeness (QED) is 0.777. The van der Waals surface area contributed by atoms with E-state index < -0.39 is 12.5 Å². The fourth-order valence-corrected chi connectivity index (χ4v) is 1.25. The zero-order valence-electron chi connectivity index (χ0n) is 8.41. The van der Waals surface area contributed by atoms with Crippen molar-refractivity contribution in [3.05, 3.63) is 35.4 Å². The molecule has 0 saturated carbocycles. The lowest BCUT2D eigenvalue weighted by atomic mass is 10.0. The van der Waals surface area contributed by atoms with E-state index in [1.54, 1.807) is 6.92 Å². The first kappa shape index (κ1) is 11.8. The third-order valence-corrected chi connectivity index (χ3v) is 2.04. The Labute approximate surface area is 87.1 Å². The molecule has 0 amide bonds. The summed E-state index contributed by atoms with van der Waals surface area (Å²) < 4.78 is 24.0. The minimum Gasteiger partial charge on any atom is -0.321 e. The number of Topliss-reactive ketones (excluding diaryl/α,β-unsaturated/α-hetero) is 1. The Kier molecular flexibility index (Phi) is 3.91. The maximum Gasteiger partial charge on any atom is 0.242 e. The second-order valence-corrected chi connectivity index (χ2v) is 3.45. The van der Waals surface area contributed by atoms with E-state index in [9.17, 15) is 13.6 Å². The first-order chi connectivity index (χ1) is 7.00. The van der Waals surface area contributed by atoms with Crippen LogP contribution in [-0.4, -0.2) is 18.3 Å². The van der Waals surface area contributed by atoms with Crippen molar-refractivity contribution in [3.8, 4) is 0 Å². The average Bonchev–Trinajstić information content (AvgIpc) is 2.17. The third kappa shape index (κ3) is 3.40. The van der Waals surface area contributed by atoms with Crippen LogP contribution in [0.2, 0.25) is 0 Å². The second-order valence-electron chi connectivity index (χ2n) is 3.45. The molecule has 0 aromatic heterocycles. The number of alkyl halides is 2. The molecular weight excluding hydrogens is 200 g/mol. The van der Waals surface area contributed by atoms with Crippen LogP contribution < -0.4 is 5.73 Å². The topological polar surface area (TPSA) is 43.1 Å². The smallest absolute Gasteiger partial charge is 0.242 e. The van der Waals surface area contributed by atoms with Gasteiger partial charge in [-0.25, -0.2) is 8.78 Å². The summed E-state index contributed by atoms with van der Waals surface area (Å²) in [5.41, 5.74) is 6.40. The van der Waals surface area contributed by atoms with Gasteiger partial charge < -0.3 is 5.73 Å². The van der Waals surface area contributed by atoms with Gasteiger partial charge in [-0.15, -0.1) is 0 Å². The summed E-state index contributed by atoms with van der Waals surface area (Å²) in [4.78, 5) is 11.4. The minimum absolute atomic E-state index is 0.182. The van der Waals surface area contributed by atoms with Crippen LogP contribution in [0, 0.1) is 0 Å². The van der Waals surface area contributed by atoms with E-state index in [-0.39, 0.29) is 12.2 Å². The number of hydrogen-bond acceptors (Lipinski definition) is 2. The summed E-state index contributed by atoms with van der Waals surface area (Å²) in [6, 6.07) is 5.56. The van der Waals surface area contributed by atoms with Gasteiger partial charge in [0.2, 0.25) is 6.43 Å². The van der Waals surface area contributed by atoms with Crippen LogP contribution in [0.4, 0.5) is 8.78 Å². The highest BCUT2D eigenvalue weighted by atomic mass is 19.3. The molecule has 1 unspecified atom stereocenters. The van der Waals surface area contributed by atoms with Crippen LogP contribution in [0.5, 0.6) is 0 Å². The molecular formula is C11H13F2NO. The van der Waals surface area contributed by atoms with Gasteiger partial charge in [-0.1, -0.05) is 24.3 Å². The zero-order chi connectivity index (χ0) is 11.4. The maximum absolute atomic E-state index is 12.0. The van der Waals surface area contributed by atoms with Gasteiger partial charge in [-0.2, -0.15) is 0 Å². The Balaban J connectivity index is 2.76. The van der Waals surface area contributed by atoms with E-state index in [1.807, 2.05) is 0 Å². The van der Waals surface area contributed by atoms with Gasteiger partial charge in [-0.3, -0.25) is 4.79 Å². The van der Waals surface area contributed by atoms with E-state index in [0.717, 1.165) is 0 Å².